The van der Waals surface area contributed by atoms with Crippen molar-refractivity contribution in [3.8, 4) is 11.6 Å². The number of anilines is 1. The molecule has 0 radical (unpaired) electrons. The number of hydrogen-bond acceptors (Lipinski definition) is 9. The first kappa shape index (κ1) is 27.9. The first-order valence-corrected chi connectivity index (χ1v) is 11.6. The van der Waals surface area contributed by atoms with E-state index in [1.54, 1.807) is 0 Å². The van der Waals surface area contributed by atoms with Gasteiger partial charge in [0, 0.05) is 43.0 Å². The number of alkyl halides is 3. The molecule has 208 valence electrons. The normalized spacial score (nSPS) is 16.0. The molecule has 39 heavy (non-hydrogen) atoms. The maximum Gasteiger partial charge on any atom is 0.451 e. The van der Waals surface area contributed by atoms with Crippen molar-refractivity contribution in [2.75, 3.05) is 25.4 Å². The Labute approximate surface area is 218 Å². The summed E-state index contributed by atoms with van der Waals surface area (Å²) in [6, 6.07) is 4.20. The number of rotatable bonds is 6. The highest BCUT2D eigenvalue weighted by Gasteiger charge is 2.36. The average molecular weight is 554 g/mol. The topological polar surface area (TPSA) is 137 Å². The fraction of sp³-hybridized carbons (Fsp3) is 0.375. The number of hydrogen-bond donors (Lipinski definition) is 2. The van der Waals surface area contributed by atoms with E-state index >= 15 is 0 Å². The lowest BCUT2D eigenvalue weighted by molar-refractivity contribution is -0.145. The van der Waals surface area contributed by atoms with Gasteiger partial charge in [-0.15, -0.1) is 0 Å². The summed E-state index contributed by atoms with van der Waals surface area (Å²) in [5.74, 6) is -5.00. The molecule has 1 aliphatic heterocycles. The molecule has 1 atom stereocenters. The quantitative estimate of drug-likeness (QED) is 0.436. The number of ether oxygens (including phenoxy) is 2. The summed E-state index contributed by atoms with van der Waals surface area (Å²) in [7, 11) is 0. The Balaban J connectivity index is 1.45. The molecule has 15 heteroatoms. The van der Waals surface area contributed by atoms with Crippen LogP contribution in [0.1, 0.15) is 42.8 Å². The number of amides is 1. The number of aromatic nitrogens is 4. The number of piperidine rings is 1. The molecule has 1 aromatic carbocycles. The van der Waals surface area contributed by atoms with E-state index < -0.39 is 53.6 Å². The zero-order valence-corrected chi connectivity index (χ0v) is 20.5. The number of aliphatic hydroxyl groups is 1. The van der Waals surface area contributed by atoms with Crippen LogP contribution in [0.15, 0.2) is 36.7 Å². The predicted octanol–water partition coefficient (Wildman–Crippen LogP) is 3.81. The highest BCUT2D eigenvalue weighted by molar-refractivity contribution is 5.71. The van der Waals surface area contributed by atoms with Crippen molar-refractivity contribution < 1.29 is 41.3 Å². The fourth-order valence-corrected chi connectivity index (χ4v) is 4.05. The number of nitrogen functional groups attached to an aromatic ring is 1. The lowest BCUT2D eigenvalue weighted by atomic mass is 9.86. The van der Waals surface area contributed by atoms with Gasteiger partial charge in [-0.2, -0.15) is 18.2 Å². The molecule has 3 N–H and O–H groups in total. The Bertz CT molecular complexity index is 1330. The van der Waals surface area contributed by atoms with Gasteiger partial charge in [0.25, 0.3) is 0 Å². The van der Waals surface area contributed by atoms with Gasteiger partial charge in [0.2, 0.25) is 23.4 Å². The average Bonchev–Trinajstić information content (AvgIpc) is 2.89. The van der Waals surface area contributed by atoms with Crippen molar-refractivity contribution in [2.24, 2.45) is 0 Å². The highest BCUT2D eigenvalue weighted by atomic mass is 19.4. The van der Waals surface area contributed by atoms with E-state index in [4.69, 9.17) is 15.2 Å². The molecule has 0 bridgehead atoms. The first-order valence-electron chi connectivity index (χ1n) is 11.6. The van der Waals surface area contributed by atoms with Crippen LogP contribution in [0.4, 0.5) is 32.7 Å². The van der Waals surface area contributed by atoms with Crippen LogP contribution in [-0.2, 0) is 11.8 Å². The number of para-hydroxylation sites is 1. The Morgan fingerprint density at radius 2 is 1.79 bits per heavy atom. The number of carbonyl (C=O) groups is 1. The van der Waals surface area contributed by atoms with Crippen molar-refractivity contribution in [2.45, 2.75) is 37.5 Å². The fourth-order valence-electron chi connectivity index (χ4n) is 4.05. The third-order valence-corrected chi connectivity index (χ3v) is 6.05. The summed E-state index contributed by atoms with van der Waals surface area (Å²) in [6.45, 7) is 1.15. The van der Waals surface area contributed by atoms with E-state index in [2.05, 4.69) is 19.9 Å². The van der Waals surface area contributed by atoms with Gasteiger partial charge in [0.05, 0.1) is 5.69 Å². The van der Waals surface area contributed by atoms with Crippen LogP contribution in [0.3, 0.4) is 0 Å². The lowest BCUT2D eigenvalue weighted by Crippen LogP contribution is -2.41. The van der Waals surface area contributed by atoms with Gasteiger partial charge in [-0.25, -0.2) is 28.5 Å². The largest absolute Gasteiger partial charge is 0.474 e. The number of nitrogens with two attached hydrogens (primary N) is 1. The van der Waals surface area contributed by atoms with Crippen molar-refractivity contribution in [1.29, 1.82) is 0 Å². The summed E-state index contributed by atoms with van der Waals surface area (Å²) >= 11 is 0. The van der Waals surface area contributed by atoms with E-state index in [0.29, 0.717) is 18.5 Å². The second-order valence-corrected chi connectivity index (χ2v) is 8.99. The van der Waals surface area contributed by atoms with Crippen molar-refractivity contribution in [3.63, 3.8) is 0 Å². The van der Waals surface area contributed by atoms with Crippen LogP contribution >= 0.6 is 0 Å². The molecule has 0 spiro atoms. The van der Waals surface area contributed by atoms with Gasteiger partial charge in [0.1, 0.15) is 12.2 Å². The summed E-state index contributed by atoms with van der Waals surface area (Å²) in [5.41, 5.74) is 4.59. The summed E-state index contributed by atoms with van der Waals surface area (Å²) in [4.78, 5) is 28.4. The van der Waals surface area contributed by atoms with Crippen molar-refractivity contribution in [1.82, 2.24) is 24.8 Å². The molecule has 1 aliphatic rings. The molecule has 0 saturated carbocycles. The van der Waals surface area contributed by atoms with E-state index in [9.17, 15) is 31.9 Å². The zero-order valence-electron chi connectivity index (χ0n) is 20.5. The first-order chi connectivity index (χ1) is 18.3. The van der Waals surface area contributed by atoms with Crippen LogP contribution in [0.25, 0.3) is 0 Å². The number of benzene rings is 1. The molecule has 2 aromatic heterocycles. The van der Waals surface area contributed by atoms with Gasteiger partial charge in [-0.1, -0.05) is 6.07 Å². The maximum absolute atomic E-state index is 13.8. The minimum atomic E-state index is -4.77. The summed E-state index contributed by atoms with van der Waals surface area (Å²) in [6.07, 6.45) is -2.86. The zero-order chi connectivity index (χ0) is 28.4. The van der Waals surface area contributed by atoms with Gasteiger partial charge in [-0.3, -0.25) is 0 Å². The number of halogens is 5. The van der Waals surface area contributed by atoms with Gasteiger partial charge in [-0.05, 0) is 31.9 Å². The van der Waals surface area contributed by atoms with E-state index in [0.717, 1.165) is 30.5 Å². The molecule has 1 amide bonds. The van der Waals surface area contributed by atoms with E-state index in [-0.39, 0.29) is 30.5 Å². The Morgan fingerprint density at radius 3 is 2.44 bits per heavy atom. The van der Waals surface area contributed by atoms with Gasteiger partial charge in [0.15, 0.2) is 11.6 Å². The van der Waals surface area contributed by atoms with Crippen molar-refractivity contribution in [3.05, 3.63) is 65.4 Å². The highest BCUT2D eigenvalue weighted by Crippen LogP contribution is 2.35. The molecular formula is C24H23F5N6O4. The molecule has 1 saturated heterocycles. The second kappa shape index (κ2) is 10.9. The van der Waals surface area contributed by atoms with E-state index in [1.807, 2.05) is 0 Å². The van der Waals surface area contributed by atoms with Crippen LogP contribution in [-0.4, -0.2) is 55.7 Å². The molecule has 1 fully saturated rings. The summed E-state index contributed by atoms with van der Waals surface area (Å²) < 4.78 is 76.6. The third kappa shape index (κ3) is 6.47. The minimum absolute atomic E-state index is 0.0760. The summed E-state index contributed by atoms with van der Waals surface area (Å²) in [5, 5.41) is 11.2. The monoisotopic (exact) mass is 554 g/mol. The van der Waals surface area contributed by atoms with Crippen LogP contribution in [0.2, 0.25) is 0 Å². The predicted molar refractivity (Wildman–Crippen MR) is 124 cm³/mol. The molecule has 1 unspecified atom stereocenters. The smallest absolute Gasteiger partial charge is 0.451 e. The Morgan fingerprint density at radius 1 is 1.13 bits per heavy atom. The molecule has 3 aromatic rings. The molecule has 10 nitrogen and oxygen atoms in total. The number of likely N-dealkylation sites (tertiary alicyclic amines) is 1. The van der Waals surface area contributed by atoms with E-state index in [1.165, 1.54) is 18.0 Å². The third-order valence-electron chi connectivity index (χ3n) is 6.05. The van der Waals surface area contributed by atoms with Crippen molar-refractivity contribution >= 4 is 12.0 Å². The number of nitrogens with zero attached hydrogens (tertiary/aromatic N) is 5. The Kier molecular flexibility index (Phi) is 7.81. The number of carbonyl (C=O) groups excluding carboxylic acids is 1. The minimum Gasteiger partial charge on any atom is -0.474 e. The molecular weight excluding hydrogens is 531 g/mol. The molecule has 3 heterocycles. The van der Waals surface area contributed by atoms with Crippen LogP contribution in [0, 0.1) is 11.6 Å². The standard InChI is InChI=1S/C24H23F5N6O4/c1-23(37,12-38-17-5-8-31-20(33-17)24(27,28)29)14-11-32-21(30)34-18(14)13-6-9-35(10-7-13)22(36)39-19-15(25)3-2-4-16(19)26/h2-5,8,11,13,37H,6-7,9-10,12H2,1H3,(H2,30,32,34). The second-order valence-electron chi connectivity index (χ2n) is 8.99. The Hall–Kier alpha value is -4.14. The lowest BCUT2D eigenvalue weighted by Gasteiger charge is -2.33. The van der Waals surface area contributed by atoms with Crippen LogP contribution < -0.4 is 15.2 Å². The van der Waals surface area contributed by atoms with Gasteiger partial charge >= 0.3 is 12.3 Å². The maximum atomic E-state index is 13.8. The van der Waals surface area contributed by atoms with Gasteiger partial charge < -0.3 is 25.2 Å². The molecule has 4 rings (SSSR count). The SMILES string of the molecule is CC(O)(COc1ccnc(C(F)(F)F)n1)c1cnc(N)nc1C1CCN(C(=O)Oc2c(F)cccc2F)CC1. The molecule has 0 aliphatic carbocycles. The van der Waals surface area contributed by atoms with Crippen LogP contribution in [0.5, 0.6) is 11.6 Å².